The van der Waals surface area contributed by atoms with Crippen LogP contribution in [0.3, 0.4) is 0 Å². The average Bonchev–Trinajstić information content (AvgIpc) is 2.39. The molecular weight excluding hydrogens is 357 g/mol. The van der Waals surface area contributed by atoms with Crippen LogP contribution in [0.4, 0.5) is 0 Å². The van der Waals surface area contributed by atoms with Crippen LogP contribution in [0.25, 0.3) is 0 Å². The zero-order valence-corrected chi connectivity index (χ0v) is 13.8. The summed E-state index contributed by atoms with van der Waals surface area (Å²) < 4.78 is 0. The second-order valence-electron chi connectivity index (χ2n) is 4.12. The SMILES string of the molecule is CSCc1cccc(CNC2=NCCCN2)c1.I. The molecule has 0 unspecified atom stereocenters. The molecule has 1 aromatic carbocycles. The number of thioether (sulfide) groups is 1. The molecule has 0 aromatic heterocycles. The van der Waals surface area contributed by atoms with Crippen molar-refractivity contribution in [2.45, 2.75) is 18.7 Å². The molecule has 1 aromatic rings. The van der Waals surface area contributed by atoms with Crippen molar-refractivity contribution in [3.05, 3.63) is 35.4 Å². The second kappa shape index (κ2) is 8.63. The smallest absolute Gasteiger partial charge is 0.191 e. The highest BCUT2D eigenvalue weighted by molar-refractivity contribution is 14.0. The maximum atomic E-state index is 4.39. The van der Waals surface area contributed by atoms with Crippen LogP contribution in [-0.2, 0) is 12.3 Å². The van der Waals surface area contributed by atoms with Gasteiger partial charge in [0.2, 0.25) is 0 Å². The maximum Gasteiger partial charge on any atom is 0.191 e. The van der Waals surface area contributed by atoms with Crippen molar-refractivity contribution in [1.82, 2.24) is 10.6 Å². The lowest BCUT2D eigenvalue weighted by Gasteiger charge is -2.16. The van der Waals surface area contributed by atoms with Gasteiger partial charge in [-0.1, -0.05) is 24.3 Å². The first-order valence-corrected chi connectivity index (χ1v) is 7.37. The first-order valence-electron chi connectivity index (χ1n) is 5.97. The summed E-state index contributed by atoms with van der Waals surface area (Å²) in [5, 5.41) is 6.60. The third kappa shape index (κ3) is 5.06. The summed E-state index contributed by atoms with van der Waals surface area (Å²) >= 11 is 1.85. The molecule has 0 fully saturated rings. The number of hydrogen-bond donors (Lipinski definition) is 2. The molecule has 0 radical (unpaired) electrons. The predicted molar refractivity (Wildman–Crippen MR) is 90.8 cm³/mol. The molecule has 2 N–H and O–H groups in total. The van der Waals surface area contributed by atoms with Crippen molar-refractivity contribution in [3.63, 3.8) is 0 Å². The molecule has 5 heteroatoms. The topological polar surface area (TPSA) is 36.4 Å². The summed E-state index contributed by atoms with van der Waals surface area (Å²) in [6.07, 6.45) is 3.26. The fourth-order valence-corrected chi connectivity index (χ4v) is 2.35. The highest BCUT2D eigenvalue weighted by Gasteiger charge is 2.03. The van der Waals surface area contributed by atoms with Crippen LogP contribution in [0, 0.1) is 0 Å². The number of nitrogens with zero attached hydrogens (tertiary/aromatic N) is 1. The van der Waals surface area contributed by atoms with Crippen molar-refractivity contribution < 1.29 is 0 Å². The first-order chi connectivity index (χ1) is 8.38. The normalized spacial score (nSPS) is 14.2. The van der Waals surface area contributed by atoms with Gasteiger partial charge in [-0.15, -0.1) is 24.0 Å². The van der Waals surface area contributed by atoms with Gasteiger partial charge in [-0.2, -0.15) is 11.8 Å². The molecule has 0 saturated heterocycles. The average molecular weight is 377 g/mol. The molecule has 100 valence electrons. The van der Waals surface area contributed by atoms with E-state index in [4.69, 9.17) is 0 Å². The van der Waals surface area contributed by atoms with E-state index < -0.39 is 0 Å². The Morgan fingerprint density at radius 2 is 2.22 bits per heavy atom. The van der Waals surface area contributed by atoms with E-state index in [2.05, 4.69) is 46.1 Å². The van der Waals surface area contributed by atoms with Gasteiger partial charge in [0.25, 0.3) is 0 Å². The van der Waals surface area contributed by atoms with Crippen LogP contribution in [0.15, 0.2) is 29.3 Å². The van der Waals surface area contributed by atoms with Gasteiger partial charge in [-0.25, -0.2) is 0 Å². The standard InChI is InChI=1S/C13H19N3S.HI/c1-17-10-12-5-2-4-11(8-12)9-16-13-14-6-3-7-15-13;/h2,4-5,8H,3,6-7,9-10H2,1H3,(H2,14,15,16);1H. The van der Waals surface area contributed by atoms with E-state index in [1.54, 1.807) is 0 Å². The van der Waals surface area contributed by atoms with Crippen LogP contribution in [0.2, 0.25) is 0 Å². The summed E-state index contributed by atoms with van der Waals surface area (Å²) in [4.78, 5) is 4.39. The molecule has 1 aliphatic heterocycles. The number of hydrogen-bond acceptors (Lipinski definition) is 4. The predicted octanol–water partition coefficient (Wildman–Crippen LogP) is 2.61. The van der Waals surface area contributed by atoms with Crippen molar-refractivity contribution in [3.8, 4) is 0 Å². The van der Waals surface area contributed by atoms with Crippen molar-refractivity contribution in [1.29, 1.82) is 0 Å². The van der Waals surface area contributed by atoms with E-state index in [9.17, 15) is 0 Å². The third-order valence-electron chi connectivity index (χ3n) is 2.66. The number of halogens is 1. The molecule has 1 aliphatic rings. The van der Waals surface area contributed by atoms with E-state index in [-0.39, 0.29) is 24.0 Å². The van der Waals surface area contributed by atoms with Gasteiger partial charge in [0.05, 0.1) is 0 Å². The molecule has 3 nitrogen and oxygen atoms in total. The Kier molecular flexibility index (Phi) is 7.50. The van der Waals surface area contributed by atoms with Crippen LogP contribution >= 0.6 is 35.7 Å². The van der Waals surface area contributed by atoms with Gasteiger partial charge < -0.3 is 10.6 Å². The quantitative estimate of drug-likeness (QED) is 0.793. The zero-order chi connectivity index (χ0) is 11.9. The Hall–Kier alpha value is -0.430. The minimum absolute atomic E-state index is 0. The Bertz CT molecular complexity index is 396. The lowest BCUT2D eigenvalue weighted by Crippen LogP contribution is -2.40. The molecule has 0 atom stereocenters. The molecular formula is C13H20IN3S. The molecule has 1 heterocycles. The Balaban J connectivity index is 0.00000162. The highest BCUT2D eigenvalue weighted by Crippen LogP contribution is 2.11. The van der Waals surface area contributed by atoms with Gasteiger partial charge >= 0.3 is 0 Å². The Morgan fingerprint density at radius 1 is 1.39 bits per heavy atom. The van der Waals surface area contributed by atoms with Gasteiger partial charge in [0.1, 0.15) is 0 Å². The van der Waals surface area contributed by atoms with E-state index in [0.717, 1.165) is 37.8 Å². The third-order valence-corrected chi connectivity index (χ3v) is 3.28. The number of aliphatic imine (C=N–C) groups is 1. The van der Waals surface area contributed by atoms with Gasteiger partial charge in [-0.3, -0.25) is 4.99 Å². The molecule has 0 amide bonds. The van der Waals surface area contributed by atoms with Gasteiger partial charge in [-0.05, 0) is 23.8 Å². The van der Waals surface area contributed by atoms with E-state index in [0.29, 0.717) is 0 Å². The molecule has 18 heavy (non-hydrogen) atoms. The summed E-state index contributed by atoms with van der Waals surface area (Å²) in [6.45, 7) is 2.80. The van der Waals surface area contributed by atoms with Crippen molar-refractivity contribution in [2.24, 2.45) is 4.99 Å². The minimum atomic E-state index is 0. The lowest BCUT2D eigenvalue weighted by atomic mass is 10.1. The number of benzene rings is 1. The van der Waals surface area contributed by atoms with Gasteiger partial charge in [0, 0.05) is 25.4 Å². The van der Waals surface area contributed by atoms with Gasteiger partial charge in [0.15, 0.2) is 5.96 Å². The first kappa shape index (κ1) is 15.6. The summed E-state index contributed by atoms with van der Waals surface area (Å²) in [5.41, 5.74) is 2.70. The van der Waals surface area contributed by atoms with Crippen LogP contribution < -0.4 is 10.6 Å². The Labute approximate surface area is 130 Å². The second-order valence-corrected chi connectivity index (χ2v) is 4.98. The fraction of sp³-hybridized carbons (Fsp3) is 0.462. The Morgan fingerprint density at radius 3 is 2.94 bits per heavy atom. The summed E-state index contributed by atoms with van der Waals surface area (Å²) in [7, 11) is 0. The molecule has 0 aliphatic carbocycles. The molecule has 0 spiro atoms. The molecule has 2 rings (SSSR count). The zero-order valence-electron chi connectivity index (χ0n) is 10.6. The summed E-state index contributed by atoms with van der Waals surface area (Å²) in [5.74, 6) is 2.01. The minimum Gasteiger partial charge on any atom is -0.356 e. The lowest BCUT2D eigenvalue weighted by molar-refractivity contribution is 0.702. The molecule has 0 saturated carbocycles. The van der Waals surface area contributed by atoms with Crippen LogP contribution in [0.1, 0.15) is 17.5 Å². The molecule has 0 bridgehead atoms. The fourth-order valence-electron chi connectivity index (χ4n) is 1.83. The number of guanidine groups is 1. The van der Waals surface area contributed by atoms with E-state index in [1.807, 2.05) is 11.8 Å². The number of nitrogens with one attached hydrogen (secondary N) is 2. The van der Waals surface area contributed by atoms with Crippen molar-refractivity contribution in [2.75, 3.05) is 19.3 Å². The van der Waals surface area contributed by atoms with Crippen LogP contribution in [-0.4, -0.2) is 25.3 Å². The summed E-state index contributed by atoms with van der Waals surface area (Å²) in [6, 6.07) is 8.71. The highest BCUT2D eigenvalue weighted by atomic mass is 127. The van der Waals surface area contributed by atoms with Crippen molar-refractivity contribution >= 4 is 41.7 Å². The van der Waals surface area contributed by atoms with E-state index in [1.165, 1.54) is 11.1 Å². The number of rotatable bonds is 4. The van der Waals surface area contributed by atoms with Crippen LogP contribution in [0.5, 0.6) is 0 Å². The largest absolute Gasteiger partial charge is 0.356 e. The monoisotopic (exact) mass is 377 g/mol. The van der Waals surface area contributed by atoms with E-state index >= 15 is 0 Å². The maximum absolute atomic E-state index is 4.39.